The monoisotopic (exact) mass is 262 g/mol. The van der Waals surface area contributed by atoms with E-state index in [0.717, 1.165) is 43.1 Å². The van der Waals surface area contributed by atoms with Crippen molar-refractivity contribution in [3.8, 4) is 0 Å². The van der Waals surface area contributed by atoms with Crippen molar-refractivity contribution >= 4 is 11.7 Å². The van der Waals surface area contributed by atoms with Crippen LogP contribution in [0.4, 0.5) is 10.5 Å². The van der Waals surface area contributed by atoms with Crippen LogP contribution in [-0.2, 0) is 6.42 Å². The van der Waals surface area contributed by atoms with Gasteiger partial charge in [-0.25, -0.2) is 4.79 Å². The second-order valence-electron chi connectivity index (χ2n) is 5.27. The zero-order valence-corrected chi connectivity index (χ0v) is 11.4. The van der Waals surface area contributed by atoms with Crippen LogP contribution in [0.3, 0.4) is 0 Å². The summed E-state index contributed by atoms with van der Waals surface area (Å²) in [6, 6.07) is 7.63. The predicted molar refractivity (Wildman–Crippen MR) is 76.2 cm³/mol. The number of aliphatic hydroxyl groups excluding tert-OH is 1. The van der Waals surface area contributed by atoms with Crippen molar-refractivity contribution in [2.75, 3.05) is 25.0 Å². The summed E-state index contributed by atoms with van der Waals surface area (Å²) in [6.07, 6.45) is 2.82. The Morgan fingerprint density at radius 1 is 1.32 bits per heavy atom. The van der Waals surface area contributed by atoms with E-state index in [1.54, 1.807) is 0 Å². The van der Waals surface area contributed by atoms with Crippen LogP contribution in [0.2, 0.25) is 0 Å². The van der Waals surface area contributed by atoms with E-state index < -0.39 is 0 Å². The first-order chi connectivity index (χ1) is 9.19. The van der Waals surface area contributed by atoms with E-state index in [1.165, 1.54) is 0 Å². The molecule has 1 fully saturated rings. The third-order valence-corrected chi connectivity index (χ3v) is 3.68. The molecule has 0 saturated carbocycles. The SMILES string of the molecule is CC1CCN(C(=O)Nc2ccc(CCO)cc2)CC1. The molecule has 1 heterocycles. The van der Waals surface area contributed by atoms with E-state index in [-0.39, 0.29) is 12.6 Å². The fourth-order valence-electron chi connectivity index (χ4n) is 2.30. The Kier molecular flexibility index (Phi) is 4.80. The zero-order valence-electron chi connectivity index (χ0n) is 11.4. The normalized spacial score (nSPS) is 16.4. The predicted octanol–water partition coefficient (Wildman–Crippen LogP) is 2.49. The van der Waals surface area contributed by atoms with E-state index in [0.29, 0.717) is 6.42 Å². The number of piperidine rings is 1. The van der Waals surface area contributed by atoms with Crippen molar-refractivity contribution in [1.29, 1.82) is 0 Å². The number of urea groups is 1. The highest BCUT2D eigenvalue weighted by atomic mass is 16.3. The van der Waals surface area contributed by atoms with Crippen LogP contribution in [0.15, 0.2) is 24.3 Å². The quantitative estimate of drug-likeness (QED) is 0.879. The Morgan fingerprint density at radius 2 is 1.95 bits per heavy atom. The highest BCUT2D eigenvalue weighted by Gasteiger charge is 2.19. The molecule has 0 atom stereocenters. The van der Waals surface area contributed by atoms with E-state index in [9.17, 15) is 4.79 Å². The van der Waals surface area contributed by atoms with Crippen molar-refractivity contribution in [3.63, 3.8) is 0 Å². The van der Waals surface area contributed by atoms with Crippen LogP contribution >= 0.6 is 0 Å². The lowest BCUT2D eigenvalue weighted by Crippen LogP contribution is -2.40. The van der Waals surface area contributed by atoms with Gasteiger partial charge in [-0.05, 0) is 42.9 Å². The summed E-state index contributed by atoms with van der Waals surface area (Å²) < 4.78 is 0. The van der Waals surface area contributed by atoms with Gasteiger partial charge in [0.05, 0.1) is 0 Å². The van der Waals surface area contributed by atoms with Gasteiger partial charge in [-0.3, -0.25) is 0 Å². The molecule has 0 bridgehead atoms. The number of aliphatic hydroxyl groups is 1. The Labute approximate surface area is 114 Å². The molecule has 0 aliphatic carbocycles. The Morgan fingerprint density at radius 3 is 2.53 bits per heavy atom. The minimum Gasteiger partial charge on any atom is -0.396 e. The average Bonchev–Trinajstić information content (AvgIpc) is 2.42. The topological polar surface area (TPSA) is 52.6 Å². The number of likely N-dealkylation sites (tertiary alicyclic amines) is 1. The highest BCUT2D eigenvalue weighted by Crippen LogP contribution is 2.17. The summed E-state index contributed by atoms with van der Waals surface area (Å²) in [5, 5.41) is 11.8. The zero-order chi connectivity index (χ0) is 13.7. The number of hydrogen-bond donors (Lipinski definition) is 2. The van der Waals surface area contributed by atoms with Crippen LogP contribution in [0, 0.1) is 5.92 Å². The first kappa shape index (κ1) is 13.9. The molecule has 0 aromatic heterocycles. The molecule has 1 aliphatic heterocycles. The van der Waals surface area contributed by atoms with Crippen molar-refractivity contribution in [1.82, 2.24) is 4.90 Å². The second-order valence-corrected chi connectivity index (χ2v) is 5.27. The molecule has 4 heteroatoms. The maximum absolute atomic E-state index is 12.1. The fourth-order valence-corrected chi connectivity index (χ4v) is 2.30. The minimum atomic E-state index is -0.0122. The highest BCUT2D eigenvalue weighted by molar-refractivity contribution is 5.89. The molecule has 0 radical (unpaired) electrons. The molecule has 1 aliphatic rings. The maximum atomic E-state index is 12.1. The molecule has 0 unspecified atom stereocenters. The third-order valence-electron chi connectivity index (χ3n) is 3.68. The summed E-state index contributed by atoms with van der Waals surface area (Å²) >= 11 is 0. The molecule has 1 aromatic carbocycles. The molecule has 2 rings (SSSR count). The largest absolute Gasteiger partial charge is 0.396 e. The minimum absolute atomic E-state index is 0.0122. The number of amides is 2. The molecule has 1 aromatic rings. The van der Waals surface area contributed by atoms with Crippen LogP contribution in [-0.4, -0.2) is 35.7 Å². The molecular weight excluding hydrogens is 240 g/mol. The van der Waals surface area contributed by atoms with E-state index in [1.807, 2.05) is 29.2 Å². The van der Waals surface area contributed by atoms with E-state index in [2.05, 4.69) is 12.2 Å². The van der Waals surface area contributed by atoms with Crippen LogP contribution < -0.4 is 5.32 Å². The number of carbonyl (C=O) groups is 1. The van der Waals surface area contributed by atoms with Gasteiger partial charge in [-0.15, -0.1) is 0 Å². The molecule has 2 amide bonds. The number of nitrogens with one attached hydrogen (secondary N) is 1. The van der Waals surface area contributed by atoms with Gasteiger partial charge < -0.3 is 15.3 Å². The molecule has 4 nitrogen and oxygen atoms in total. The standard InChI is InChI=1S/C15H22N2O2/c1-12-6-9-17(10-7-12)15(19)16-14-4-2-13(3-5-14)8-11-18/h2-5,12,18H,6-11H2,1H3,(H,16,19). The second kappa shape index (κ2) is 6.57. The Balaban J connectivity index is 1.88. The van der Waals surface area contributed by atoms with Crippen LogP contribution in [0.5, 0.6) is 0 Å². The van der Waals surface area contributed by atoms with Gasteiger partial charge in [0, 0.05) is 25.4 Å². The molecule has 19 heavy (non-hydrogen) atoms. The number of benzene rings is 1. The van der Waals surface area contributed by atoms with Gasteiger partial charge in [0.2, 0.25) is 0 Å². The lowest BCUT2D eigenvalue weighted by Gasteiger charge is -2.30. The summed E-state index contributed by atoms with van der Waals surface area (Å²) in [6.45, 7) is 4.07. The molecule has 2 N–H and O–H groups in total. The summed E-state index contributed by atoms with van der Waals surface area (Å²) in [4.78, 5) is 13.9. The lowest BCUT2D eigenvalue weighted by atomic mass is 10.00. The number of anilines is 1. The Hall–Kier alpha value is -1.55. The average molecular weight is 262 g/mol. The maximum Gasteiger partial charge on any atom is 0.321 e. The van der Waals surface area contributed by atoms with Gasteiger partial charge in [-0.2, -0.15) is 0 Å². The number of carbonyl (C=O) groups excluding carboxylic acids is 1. The fraction of sp³-hybridized carbons (Fsp3) is 0.533. The van der Waals surface area contributed by atoms with Crippen molar-refractivity contribution in [2.45, 2.75) is 26.2 Å². The van der Waals surface area contributed by atoms with Crippen LogP contribution in [0.25, 0.3) is 0 Å². The number of hydrogen-bond acceptors (Lipinski definition) is 2. The number of rotatable bonds is 3. The van der Waals surface area contributed by atoms with E-state index >= 15 is 0 Å². The first-order valence-electron chi connectivity index (χ1n) is 6.95. The summed E-state index contributed by atoms with van der Waals surface area (Å²) in [7, 11) is 0. The molecule has 104 valence electrons. The molecular formula is C15H22N2O2. The van der Waals surface area contributed by atoms with Gasteiger partial charge in [0.15, 0.2) is 0 Å². The van der Waals surface area contributed by atoms with E-state index in [4.69, 9.17) is 5.11 Å². The van der Waals surface area contributed by atoms with Crippen molar-refractivity contribution < 1.29 is 9.90 Å². The van der Waals surface area contributed by atoms with Gasteiger partial charge in [0.1, 0.15) is 0 Å². The summed E-state index contributed by atoms with van der Waals surface area (Å²) in [5.74, 6) is 0.724. The van der Waals surface area contributed by atoms with Crippen molar-refractivity contribution in [3.05, 3.63) is 29.8 Å². The molecule has 0 spiro atoms. The lowest BCUT2D eigenvalue weighted by molar-refractivity contribution is 0.186. The van der Waals surface area contributed by atoms with Gasteiger partial charge >= 0.3 is 6.03 Å². The van der Waals surface area contributed by atoms with Crippen LogP contribution in [0.1, 0.15) is 25.3 Å². The van der Waals surface area contributed by atoms with Crippen molar-refractivity contribution in [2.24, 2.45) is 5.92 Å². The van der Waals surface area contributed by atoms with Gasteiger partial charge in [-0.1, -0.05) is 19.1 Å². The van der Waals surface area contributed by atoms with Gasteiger partial charge in [0.25, 0.3) is 0 Å². The summed E-state index contributed by atoms with van der Waals surface area (Å²) in [5.41, 5.74) is 1.89. The first-order valence-corrected chi connectivity index (χ1v) is 6.95. The number of nitrogens with zero attached hydrogens (tertiary/aromatic N) is 1. The molecule has 1 saturated heterocycles. The Bertz CT molecular complexity index is 409. The third kappa shape index (κ3) is 3.96. The smallest absolute Gasteiger partial charge is 0.321 e.